The standard InChI is InChI=1S/C21H15N3O3/c25-21-8-4-1-5-16(21)20-13-19(14-9-11-15(12-10-14)24(26)27)22-17-6-2-3-7-18(17)23-20/h1-13,23,25H. The molecule has 1 heterocycles. The molecule has 1 aliphatic rings. The molecule has 0 bridgehead atoms. The molecule has 0 saturated heterocycles. The lowest BCUT2D eigenvalue weighted by molar-refractivity contribution is -0.384. The second-order valence-corrected chi connectivity index (χ2v) is 6.02. The van der Waals surface area contributed by atoms with E-state index in [0.29, 0.717) is 17.0 Å². The van der Waals surface area contributed by atoms with Crippen LogP contribution in [-0.4, -0.2) is 15.7 Å². The Hall–Kier alpha value is -3.93. The number of phenolic OH excluding ortho intramolecular Hbond substituents is 1. The van der Waals surface area contributed by atoms with Gasteiger partial charge in [-0.1, -0.05) is 24.3 Å². The first-order valence-electron chi connectivity index (χ1n) is 8.31. The van der Waals surface area contributed by atoms with Crippen molar-refractivity contribution in [1.29, 1.82) is 0 Å². The van der Waals surface area contributed by atoms with E-state index in [1.54, 1.807) is 24.3 Å². The number of nitrogens with one attached hydrogen (secondary N) is 1. The monoisotopic (exact) mass is 357 g/mol. The Kier molecular flexibility index (Phi) is 4.14. The van der Waals surface area contributed by atoms with Gasteiger partial charge < -0.3 is 10.4 Å². The van der Waals surface area contributed by atoms with Gasteiger partial charge in [-0.3, -0.25) is 10.1 Å². The van der Waals surface area contributed by atoms with Gasteiger partial charge in [0, 0.05) is 23.3 Å². The first-order valence-corrected chi connectivity index (χ1v) is 8.31. The summed E-state index contributed by atoms with van der Waals surface area (Å²) in [6, 6.07) is 20.9. The van der Waals surface area contributed by atoms with Crippen LogP contribution in [0.2, 0.25) is 0 Å². The molecule has 1 aliphatic heterocycles. The molecule has 0 spiro atoms. The number of para-hydroxylation sites is 3. The van der Waals surface area contributed by atoms with Crippen molar-refractivity contribution in [2.24, 2.45) is 4.99 Å². The maximum Gasteiger partial charge on any atom is 0.269 e. The summed E-state index contributed by atoms with van der Waals surface area (Å²) in [5, 5.41) is 24.5. The Morgan fingerprint density at radius 3 is 2.37 bits per heavy atom. The minimum atomic E-state index is -0.432. The van der Waals surface area contributed by atoms with Gasteiger partial charge >= 0.3 is 0 Å². The number of phenols is 1. The Bertz CT molecular complexity index is 1090. The fourth-order valence-electron chi connectivity index (χ4n) is 2.91. The van der Waals surface area contributed by atoms with E-state index in [0.717, 1.165) is 16.9 Å². The van der Waals surface area contributed by atoms with Crippen LogP contribution >= 0.6 is 0 Å². The van der Waals surface area contributed by atoms with Gasteiger partial charge in [0.1, 0.15) is 5.75 Å². The summed E-state index contributed by atoms with van der Waals surface area (Å²) < 4.78 is 0. The molecule has 0 fully saturated rings. The summed E-state index contributed by atoms with van der Waals surface area (Å²) in [6.45, 7) is 0. The third-order valence-corrected chi connectivity index (χ3v) is 4.26. The van der Waals surface area contributed by atoms with Crippen molar-refractivity contribution in [3.8, 4) is 5.75 Å². The number of aromatic hydroxyl groups is 1. The SMILES string of the molecule is O=[N+]([O-])c1ccc(C2=Nc3ccccc3NC(c3ccccc3O)=C2)cc1. The van der Waals surface area contributed by atoms with Crippen LogP contribution in [0.3, 0.4) is 0 Å². The normalized spacial score (nSPS) is 12.9. The summed E-state index contributed by atoms with van der Waals surface area (Å²) >= 11 is 0. The molecular weight excluding hydrogens is 342 g/mol. The molecule has 0 unspecified atom stereocenters. The third kappa shape index (κ3) is 3.28. The predicted molar refractivity (Wildman–Crippen MR) is 105 cm³/mol. The second-order valence-electron chi connectivity index (χ2n) is 6.02. The van der Waals surface area contributed by atoms with Gasteiger partial charge in [-0.05, 0) is 42.5 Å². The maximum absolute atomic E-state index is 10.9. The molecule has 0 amide bonds. The Morgan fingerprint density at radius 1 is 0.926 bits per heavy atom. The highest BCUT2D eigenvalue weighted by atomic mass is 16.6. The largest absolute Gasteiger partial charge is 0.507 e. The molecule has 0 aromatic heterocycles. The summed E-state index contributed by atoms with van der Waals surface area (Å²) in [4.78, 5) is 15.2. The molecule has 0 aliphatic carbocycles. The second kappa shape index (κ2) is 6.76. The Labute approximate surface area is 155 Å². The van der Waals surface area contributed by atoms with E-state index in [4.69, 9.17) is 4.99 Å². The highest BCUT2D eigenvalue weighted by Crippen LogP contribution is 2.34. The van der Waals surface area contributed by atoms with Crippen molar-refractivity contribution in [3.63, 3.8) is 0 Å². The lowest BCUT2D eigenvalue weighted by Crippen LogP contribution is -2.02. The fourth-order valence-corrected chi connectivity index (χ4v) is 2.91. The number of benzene rings is 3. The number of rotatable bonds is 3. The summed E-state index contributed by atoms with van der Waals surface area (Å²) in [7, 11) is 0. The van der Waals surface area contributed by atoms with Crippen LogP contribution < -0.4 is 5.32 Å². The number of nitro groups is 1. The van der Waals surface area contributed by atoms with Crippen LogP contribution in [-0.2, 0) is 0 Å². The average Bonchev–Trinajstić information content (AvgIpc) is 2.88. The number of allylic oxidation sites excluding steroid dienone is 1. The van der Waals surface area contributed by atoms with E-state index < -0.39 is 4.92 Å². The molecule has 3 aromatic rings. The minimum Gasteiger partial charge on any atom is -0.507 e. The fraction of sp³-hybridized carbons (Fsp3) is 0. The molecule has 27 heavy (non-hydrogen) atoms. The molecule has 6 heteroatoms. The molecule has 6 nitrogen and oxygen atoms in total. The highest BCUT2D eigenvalue weighted by Gasteiger charge is 2.16. The van der Waals surface area contributed by atoms with E-state index in [1.165, 1.54) is 12.1 Å². The van der Waals surface area contributed by atoms with Gasteiger partial charge in [0.2, 0.25) is 0 Å². The molecular formula is C21H15N3O3. The van der Waals surface area contributed by atoms with Crippen molar-refractivity contribution in [2.75, 3.05) is 5.32 Å². The van der Waals surface area contributed by atoms with Gasteiger partial charge in [0.05, 0.1) is 27.7 Å². The maximum atomic E-state index is 10.9. The van der Waals surface area contributed by atoms with Crippen molar-refractivity contribution >= 4 is 28.5 Å². The zero-order valence-corrected chi connectivity index (χ0v) is 14.2. The number of fused-ring (bicyclic) bond motifs is 1. The number of aliphatic imine (C=N–C) groups is 1. The number of nitrogens with zero attached hydrogens (tertiary/aromatic N) is 2. The smallest absolute Gasteiger partial charge is 0.269 e. The van der Waals surface area contributed by atoms with Crippen molar-refractivity contribution in [3.05, 3.63) is 100 Å². The lowest BCUT2D eigenvalue weighted by Gasteiger charge is -2.12. The molecule has 0 radical (unpaired) electrons. The van der Waals surface area contributed by atoms with Crippen LogP contribution in [0, 0.1) is 10.1 Å². The van der Waals surface area contributed by atoms with Crippen LogP contribution in [0.25, 0.3) is 5.70 Å². The van der Waals surface area contributed by atoms with Gasteiger partial charge in [-0.25, -0.2) is 4.99 Å². The average molecular weight is 357 g/mol. The summed E-state index contributed by atoms with van der Waals surface area (Å²) in [5.41, 5.74) is 4.29. The van der Waals surface area contributed by atoms with Crippen molar-refractivity contribution in [2.45, 2.75) is 0 Å². The van der Waals surface area contributed by atoms with Crippen LogP contribution in [0.1, 0.15) is 11.1 Å². The number of anilines is 1. The molecule has 0 atom stereocenters. The number of nitro benzene ring substituents is 1. The van der Waals surface area contributed by atoms with Crippen molar-refractivity contribution < 1.29 is 10.0 Å². The minimum absolute atomic E-state index is 0.0244. The molecule has 132 valence electrons. The van der Waals surface area contributed by atoms with Crippen LogP contribution in [0.5, 0.6) is 5.75 Å². The van der Waals surface area contributed by atoms with Gasteiger partial charge in [0.25, 0.3) is 5.69 Å². The summed E-state index contributed by atoms with van der Waals surface area (Å²) in [6.07, 6.45) is 1.83. The van der Waals surface area contributed by atoms with E-state index in [-0.39, 0.29) is 11.4 Å². The van der Waals surface area contributed by atoms with Gasteiger partial charge in [0.15, 0.2) is 0 Å². The van der Waals surface area contributed by atoms with E-state index >= 15 is 0 Å². The van der Waals surface area contributed by atoms with E-state index in [2.05, 4.69) is 5.32 Å². The zero-order chi connectivity index (χ0) is 18.8. The highest BCUT2D eigenvalue weighted by molar-refractivity contribution is 6.16. The molecule has 2 N–H and O–H groups in total. The van der Waals surface area contributed by atoms with E-state index in [9.17, 15) is 15.2 Å². The topological polar surface area (TPSA) is 87.8 Å². The molecule has 4 rings (SSSR count). The van der Waals surface area contributed by atoms with E-state index in [1.807, 2.05) is 42.5 Å². The summed E-state index contributed by atoms with van der Waals surface area (Å²) in [5.74, 6) is 0.152. The van der Waals surface area contributed by atoms with Crippen LogP contribution in [0.15, 0.2) is 83.9 Å². The predicted octanol–water partition coefficient (Wildman–Crippen LogP) is 4.89. The first kappa shape index (κ1) is 16.5. The Balaban J connectivity index is 1.86. The zero-order valence-electron chi connectivity index (χ0n) is 14.2. The lowest BCUT2D eigenvalue weighted by atomic mass is 10.0. The molecule has 0 saturated carbocycles. The number of non-ortho nitro benzene ring substituents is 1. The molecule has 3 aromatic carbocycles. The van der Waals surface area contributed by atoms with Crippen LogP contribution in [0.4, 0.5) is 17.1 Å². The van der Waals surface area contributed by atoms with Gasteiger partial charge in [-0.15, -0.1) is 0 Å². The number of hydrogen-bond donors (Lipinski definition) is 2. The van der Waals surface area contributed by atoms with Crippen molar-refractivity contribution in [1.82, 2.24) is 0 Å². The first-order chi connectivity index (χ1) is 13.1. The third-order valence-electron chi connectivity index (χ3n) is 4.26. The quantitative estimate of drug-likeness (QED) is 0.516. The van der Waals surface area contributed by atoms with Gasteiger partial charge in [-0.2, -0.15) is 0 Å². The number of hydrogen-bond acceptors (Lipinski definition) is 5. The Morgan fingerprint density at radius 2 is 1.63 bits per heavy atom.